The van der Waals surface area contributed by atoms with E-state index < -0.39 is 5.72 Å². The Labute approximate surface area is 151 Å². The van der Waals surface area contributed by atoms with E-state index in [1.807, 2.05) is 37.1 Å². The summed E-state index contributed by atoms with van der Waals surface area (Å²) in [4.78, 5) is 0. The van der Waals surface area contributed by atoms with E-state index in [-0.39, 0.29) is 11.8 Å². The van der Waals surface area contributed by atoms with Crippen LogP contribution in [0.3, 0.4) is 0 Å². The second kappa shape index (κ2) is 5.56. The molecule has 2 aromatic carbocycles. The molecule has 0 aromatic heterocycles. The molecule has 1 N–H and O–H groups in total. The molecule has 130 valence electrons. The van der Waals surface area contributed by atoms with E-state index in [1.54, 1.807) is 25.3 Å². The van der Waals surface area contributed by atoms with E-state index in [2.05, 4.69) is 0 Å². The number of fused-ring (bicyclic) bond motifs is 3. The molecule has 1 unspecified atom stereocenters. The molecule has 0 fully saturated rings. The van der Waals surface area contributed by atoms with Crippen molar-refractivity contribution in [1.82, 2.24) is 5.01 Å². The Hall–Kier alpha value is -2.40. The van der Waals surface area contributed by atoms with Crippen LogP contribution in [0.2, 0.25) is 5.02 Å². The number of phenols is 1. The third kappa shape index (κ3) is 2.50. The monoisotopic (exact) mass is 358 g/mol. The second-order valence-electron chi connectivity index (χ2n) is 6.70. The zero-order valence-electron chi connectivity index (χ0n) is 14.3. The fourth-order valence-corrected chi connectivity index (χ4v) is 3.68. The molecular weight excluding hydrogens is 340 g/mol. The molecule has 0 saturated heterocycles. The molecule has 25 heavy (non-hydrogen) atoms. The quantitative estimate of drug-likeness (QED) is 0.868. The lowest BCUT2D eigenvalue weighted by Crippen LogP contribution is -2.48. The summed E-state index contributed by atoms with van der Waals surface area (Å²) in [5.74, 6) is 1.64. The average Bonchev–Trinajstić information content (AvgIpc) is 3.03. The molecule has 0 saturated carbocycles. The predicted molar refractivity (Wildman–Crippen MR) is 96.6 cm³/mol. The van der Waals surface area contributed by atoms with Crippen molar-refractivity contribution in [1.29, 1.82) is 0 Å². The van der Waals surface area contributed by atoms with Crippen molar-refractivity contribution >= 4 is 17.3 Å². The summed E-state index contributed by atoms with van der Waals surface area (Å²) in [7, 11) is 1.64. The SMILES string of the molecule is COc1cccc2c1OC(C)(C)N1N=C(c3cc(Cl)ccc3O)CC21. The van der Waals surface area contributed by atoms with Crippen LogP contribution in [0.25, 0.3) is 0 Å². The van der Waals surface area contributed by atoms with Crippen molar-refractivity contribution in [2.45, 2.75) is 32.0 Å². The first-order valence-corrected chi connectivity index (χ1v) is 8.50. The molecule has 6 heteroatoms. The first kappa shape index (κ1) is 16.1. The van der Waals surface area contributed by atoms with Gasteiger partial charge in [-0.2, -0.15) is 5.10 Å². The Bertz CT molecular complexity index is 879. The third-order valence-electron chi connectivity index (χ3n) is 4.67. The third-order valence-corrected chi connectivity index (χ3v) is 4.91. The number of hydrogen-bond donors (Lipinski definition) is 1. The standard InChI is InChI=1S/C19H19ClN2O3/c1-19(2)22-15(12-5-4-6-17(24-3)18(12)25-19)10-14(21-22)13-9-11(20)7-8-16(13)23/h4-9,15,23H,10H2,1-3H3. The van der Waals surface area contributed by atoms with Gasteiger partial charge in [0.1, 0.15) is 5.75 Å². The lowest BCUT2D eigenvalue weighted by Gasteiger charge is -2.43. The fourth-order valence-electron chi connectivity index (χ4n) is 3.51. The smallest absolute Gasteiger partial charge is 0.192 e. The Morgan fingerprint density at radius 3 is 2.88 bits per heavy atom. The minimum atomic E-state index is -0.637. The van der Waals surface area contributed by atoms with E-state index in [0.717, 1.165) is 17.0 Å². The number of methoxy groups -OCH3 is 1. The second-order valence-corrected chi connectivity index (χ2v) is 7.14. The number of phenolic OH excluding ortho intramolecular Hbond substituents is 1. The van der Waals surface area contributed by atoms with Gasteiger partial charge in [0.25, 0.3) is 0 Å². The van der Waals surface area contributed by atoms with E-state index in [1.165, 1.54) is 0 Å². The van der Waals surface area contributed by atoms with Gasteiger partial charge in [0.15, 0.2) is 17.2 Å². The van der Waals surface area contributed by atoms with Crippen LogP contribution in [-0.4, -0.2) is 28.7 Å². The first-order chi connectivity index (χ1) is 11.9. The summed E-state index contributed by atoms with van der Waals surface area (Å²) in [6.45, 7) is 3.94. The van der Waals surface area contributed by atoms with Crippen LogP contribution in [-0.2, 0) is 0 Å². The van der Waals surface area contributed by atoms with Gasteiger partial charge in [0, 0.05) is 22.6 Å². The highest BCUT2D eigenvalue weighted by atomic mass is 35.5. The lowest BCUT2D eigenvalue weighted by molar-refractivity contribution is -0.0924. The maximum absolute atomic E-state index is 10.2. The number of halogens is 1. The lowest BCUT2D eigenvalue weighted by atomic mass is 9.94. The number of nitrogens with zero attached hydrogens (tertiary/aromatic N) is 2. The van der Waals surface area contributed by atoms with Gasteiger partial charge in [0.2, 0.25) is 0 Å². The number of para-hydroxylation sites is 1. The molecule has 0 aliphatic carbocycles. The predicted octanol–water partition coefficient (Wildman–Crippen LogP) is 4.33. The number of aromatic hydroxyl groups is 1. The number of hydrazone groups is 1. The van der Waals surface area contributed by atoms with Gasteiger partial charge < -0.3 is 14.6 Å². The molecule has 5 nitrogen and oxygen atoms in total. The zero-order valence-corrected chi connectivity index (χ0v) is 15.0. The maximum Gasteiger partial charge on any atom is 0.192 e. The molecule has 0 spiro atoms. The van der Waals surface area contributed by atoms with Crippen molar-refractivity contribution in [2.75, 3.05) is 7.11 Å². The Kier molecular flexibility index (Phi) is 3.58. The largest absolute Gasteiger partial charge is 0.507 e. The maximum atomic E-state index is 10.2. The van der Waals surface area contributed by atoms with Crippen LogP contribution in [0.15, 0.2) is 41.5 Å². The number of hydrogen-bond acceptors (Lipinski definition) is 5. The van der Waals surface area contributed by atoms with Crippen molar-refractivity contribution in [3.8, 4) is 17.2 Å². The van der Waals surface area contributed by atoms with Crippen LogP contribution < -0.4 is 9.47 Å². The van der Waals surface area contributed by atoms with Gasteiger partial charge in [-0.3, -0.25) is 0 Å². The van der Waals surface area contributed by atoms with Gasteiger partial charge in [0.05, 0.1) is 18.9 Å². The summed E-state index contributed by atoms with van der Waals surface area (Å²) >= 11 is 6.10. The molecule has 4 rings (SSSR count). The van der Waals surface area contributed by atoms with Crippen molar-refractivity contribution in [3.05, 3.63) is 52.5 Å². The van der Waals surface area contributed by atoms with E-state index in [4.69, 9.17) is 26.2 Å². The minimum absolute atomic E-state index is 0.0160. The summed E-state index contributed by atoms with van der Waals surface area (Å²) < 4.78 is 11.7. The molecule has 2 aliphatic rings. The van der Waals surface area contributed by atoms with Crippen molar-refractivity contribution < 1.29 is 14.6 Å². The molecule has 0 amide bonds. The molecule has 2 aromatic rings. The topological polar surface area (TPSA) is 54.3 Å². The Morgan fingerprint density at radius 2 is 2.12 bits per heavy atom. The Balaban J connectivity index is 1.81. The normalized spacial score (nSPS) is 20.4. The van der Waals surface area contributed by atoms with Gasteiger partial charge in [-0.1, -0.05) is 23.7 Å². The highest BCUT2D eigenvalue weighted by Gasteiger charge is 2.46. The number of benzene rings is 2. The van der Waals surface area contributed by atoms with Gasteiger partial charge in [-0.15, -0.1) is 0 Å². The minimum Gasteiger partial charge on any atom is -0.507 e. The van der Waals surface area contributed by atoms with Crippen LogP contribution in [0.4, 0.5) is 0 Å². The molecule has 2 heterocycles. The zero-order chi connectivity index (χ0) is 17.8. The van der Waals surface area contributed by atoms with Crippen LogP contribution in [0, 0.1) is 0 Å². The summed E-state index contributed by atoms with van der Waals surface area (Å²) in [5.41, 5.74) is 1.83. The molecule has 2 aliphatic heterocycles. The summed E-state index contributed by atoms with van der Waals surface area (Å²) in [6, 6.07) is 10.9. The fraction of sp³-hybridized carbons (Fsp3) is 0.316. The van der Waals surface area contributed by atoms with Crippen LogP contribution >= 0.6 is 11.6 Å². The van der Waals surface area contributed by atoms with Crippen LogP contribution in [0.5, 0.6) is 17.2 Å². The molecule has 0 radical (unpaired) electrons. The number of rotatable bonds is 2. The molecule has 0 bridgehead atoms. The number of ether oxygens (including phenoxy) is 2. The van der Waals surface area contributed by atoms with Crippen LogP contribution in [0.1, 0.15) is 37.4 Å². The molecule has 1 atom stereocenters. The highest BCUT2D eigenvalue weighted by molar-refractivity contribution is 6.31. The Morgan fingerprint density at radius 1 is 1.32 bits per heavy atom. The van der Waals surface area contributed by atoms with E-state index in [0.29, 0.717) is 22.8 Å². The average molecular weight is 359 g/mol. The van der Waals surface area contributed by atoms with E-state index >= 15 is 0 Å². The van der Waals surface area contributed by atoms with Gasteiger partial charge in [-0.25, -0.2) is 5.01 Å². The summed E-state index contributed by atoms with van der Waals surface area (Å²) in [6.07, 6.45) is 0.654. The van der Waals surface area contributed by atoms with Crippen molar-refractivity contribution in [3.63, 3.8) is 0 Å². The molecular formula is C19H19ClN2O3. The van der Waals surface area contributed by atoms with Crippen molar-refractivity contribution in [2.24, 2.45) is 5.10 Å². The highest BCUT2D eigenvalue weighted by Crippen LogP contribution is 2.50. The summed E-state index contributed by atoms with van der Waals surface area (Å²) in [5, 5.41) is 17.5. The van der Waals surface area contributed by atoms with Gasteiger partial charge >= 0.3 is 0 Å². The first-order valence-electron chi connectivity index (χ1n) is 8.12. The van der Waals surface area contributed by atoms with E-state index in [9.17, 15) is 5.11 Å². The van der Waals surface area contributed by atoms with Gasteiger partial charge in [-0.05, 0) is 38.1 Å².